The molecule has 5 rings (SSSR count). The number of hydrogen-bond donors (Lipinski definition) is 0. The van der Waals surface area contributed by atoms with E-state index in [0.29, 0.717) is 24.2 Å². The average molecular weight is 487 g/mol. The van der Waals surface area contributed by atoms with Crippen LogP contribution < -0.4 is 0 Å². The molecule has 0 aromatic heterocycles. The summed E-state index contributed by atoms with van der Waals surface area (Å²) in [5, 5.41) is 0. The van der Waals surface area contributed by atoms with Gasteiger partial charge in [0.05, 0.1) is 10.5 Å². The van der Waals surface area contributed by atoms with Gasteiger partial charge in [-0.2, -0.15) is 17.5 Å². The number of alkyl halides is 3. The molecule has 2 heterocycles. The van der Waals surface area contributed by atoms with Crippen LogP contribution in [0.1, 0.15) is 23.1 Å². The maximum Gasteiger partial charge on any atom is 0.416 e. The number of halogens is 3. The maximum absolute atomic E-state index is 13.3. The van der Waals surface area contributed by atoms with Gasteiger partial charge in [-0.1, -0.05) is 48.5 Å². The lowest BCUT2D eigenvalue weighted by Crippen LogP contribution is -2.41. The first-order chi connectivity index (χ1) is 16.2. The molecule has 0 saturated carbocycles. The highest BCUT2D eigenvalue weighted by Crippen LogP contribution is 2.33. The topological polar surface area (TPSA) is 40.6 Å². The molecule has 1 atom stereocenters. The second-order valence-electron chi connectivity index (χ2n) is 8.90. The lowest BCUT2D eigenvalue weighted by Gasteiger charge is -2.33. The maximum atomic E-state index is 13.3. The highest BCUT2D eigenvalue weighted by atomic mass is 32.2. The van der Waals surface area contributed by atoms with Crippen molar-refractivity contribution >= 4 is 10.0 Å². The molecule has 0 radical (unpaired) electrons. The first kappa shape index (κ1) is 23.1. The Balaban J connectivity index is 1.29. The van der Waals surface area contributed by atoms with Crippen LogP contribution in [0.15, 0.2) is 77.7 Å². The molecule has 4 nitrogen and oxygen atoms in total. The largest absolute Gasteiger partial charge is 0.416 e. The molecule has 0 amide bonds. The smallest absolute Gasteiger partial charge is 0.294 e. The quantitative estimate of drug-likeness (QED) is 0.510. The Morgan fingerprint density at radius 2 is 1.56 bits per heavy atom. The third-order valence-corrected chi connectivity index (χ3v) is 8.70. The number of benzene rings is 3. The van der Waals surface area contributed by atoms with Crippen LogP contribution in [-0.2, 0) is 29.2 Å². The third-order valence-electron chi connectivity index (χ3n) is 6.82. The van der Waals surface area contributed by atoms with Crippen LogP contribution >= 0.6 is 0 Å². The molecule has 178 valence electrons. The lowest BCUT2D eigenvalue weighted by molar-refractivity contribution is -0.137. The van der Waals surface area contributed by atoms with Crippen molar-refractivity contribution in [2.45, 2.75) is 36.5 Å². The second kappa shape index (κ2) is 8.83. The van der Waals surface area contributed by atoms with Gasteiger partial charge in [-0.05, 0) is 59.4 Å². The van der Waals surface area contributed by atoms with Crippen LogP contribution in [0.2, 0.25) is 0 Å². The van der Waals surface area contributed by atoms with Gasteiger partial charge < -0.3 is 0 Å². The molecule has 0 bridgehead atoms. The summed E-state index contributed by atoms with van der Waals surface area (Å²) < 4.78 is 67.1. The summed E-state index contributed by atoms with van der Waals surface area (Å²) in [5.41, 5.74) is 2.87. The average Bonchev–Trinajstić information content (AvgIpc) is 3.35. The summed E-state index contributed by atoms with van der Waals surface area (Å²) in [7, 11) is -3.67. The van der Waals surface area contributed by atoms with Gasteiger partial charge in [0.25, 0.3) is 0 Å². The zero-order valence-electron chi connectivity index (χ0n) is 18.5. The van der Waals surface area contributed by atoms with Crippen molar-refractivity contribution in [1.82, 2.24) is 9.21 Å². The highest BCUT2D eigenvalue weighted by molar-refractivity contribution is 7.89. The molecule has 8 heteroatoms. The van der Waals surface area contributed by atoms with Crippen LogP contribution in [0.4, 0.5) is 13.2 Å². The summed E-state index contributed by atoms with van der Waals surface area (Å²) in [6, 6.07) is 19.7. The van der Waals surface area contributed by atoms with Crippen LogP contribution in [0.5, 0.6) is 0 Å². The number of sulfonamides is 1. The molecule has 1 fully saturated rings. The van der Waals surface area contributed by atoms with Gasteiger partial charge in [-0.15, -0.1) is 0 Å². The van der Waals surface area contributed by atoms with E-state index in [1.54, 1.807) is 18.2 Å². The Bertz CT molecular complexity index is 1290. The fraction of sp³-hybridized carbons (Fsp3) is 0.308. The summed E-state index contributed by atoms with van der Waals surface area (Å²) in [4.78, 5) is 2.53. The second-order valence-corrected chi connectivity index (χ2v) is 10.8. The zero-order chi connectivity index (χ0) is 23.9. The number of hydrogen-bond acceptors (Lipinski definition) is 3. The van der Waals surface area contributed by atoms with E-state index < -0.39 is 21.8 Å². The Kier molecular flexibility index (Phi) is 6.00. The van der Waals surface area contributed by atoms with Gasteiger partial charge in [0.1, 0.15) is 0 Å². The molecule has 34 heavy (non-hydrogen) atoms. The standard InChI is InChI=1S/C26H25F3N2O2S/c27-26(28,29)23-7-3-6-21(16-23)20-8-10-25(11-9-20)34(32,33)31-15-13-24(18-31)30-14-12-19-4-1-2-5-22(19)17-30/h1-11,16,24H,12-15,17-18H2. The van der Waals surface area contributed by atoms with Gasteiger partial charge in [0, 0.05) is 32.2 Å². The van der Waals surface area contributed by atoms with E-state index in [1.165, 1.54) is 33.6 Å². The Morgan fingerprint density at radius 1 is 0.824 bits per heavy atom. The summed E-state index contributed by atoms with van der Waals surface area (Å²) >= 11 is 0. The van der Waals surface area contributed by atoms with Gasteiger partial charge in [-0.25, -0.2) is 8.42 Å². The molecule has 2 aliphatic heterocycles. The zero-order valence-corrected chi connectivity index (χ0v) is 19.3. The lowest BCUT2D eigenvalue weighted by atomic mass is 9.98. The van der Waals surface area contributed by atoms with Gasteiger partial charge >= 0.3 is 6.18 Å². The van der Waals surface area contributed by atoms with Crippen molar-refractivity contribution in [1.29, 1.82) is 0 Å². The predicted octanol–water partition coefficient (Wildman–Crippen LogP) is 5.19. The van der Waals surface area contributed by atoms with Gasteiger partial charge in [-0.3, -0.25) is 4.90 Å². The van der Waals surface area contributed by atoms with E-state index >= 15 is 0 Å². The number of fused-ring (bicyclic) bond motifs is 1. The molecule has 0 N–H and O–H groups in total. The summed E-state index contributed by atoms with van der Waals surface area (Å²) in [5.74, 6) is 0. The summed E-state index contributed by atoms with van der Waals surface area (Å²) in [6.07, 6.45) is -2.68. The molecule has 1 unspecified atom stereocenters. The molecule has 3 aromatic carbocycles. The van der Waals surface area contributed by atoms with E-state index in [-0.39, 0.29) is 10.9 Å². The molecular formula is C26H25F3N2O2S. The molecule has 2 aliphatic rings. The minimum Gasteiger partial charge on any atom is -0.294 e. The van der Waals surface area contributed by atoms with Crippen LogP contribution in [-0.4, -0.2) is 43.3 Å². The highest BCUT2D eigenvalue weighted by Gasteiger charge is 2.36. The van der Waals surface area contributed by atoms with E-state index in [2.05, 4.69) is 23.1 Å². The monoisotopic (exact) mass is 486 g/mol. The van der Waals surface area contributed by atoms with Crippen molar-refractivity contribution in [3.63, 3.8) is 0 Å². The molecule has 0 spiro atoms. The van der Waals surface area contributed by atoms with E-state index in [9.17, 15) is 21.6 Å². The van der Waals surface area contributed by atoms with E-state index in [1.807, 2.05) is 6.07 Å². The van der Waals surface area contributed by atoms with E-state index in [0.717, 1.165) is 38.1 Å². The Labute approximate surface area is 197 Å². The van der Waals surface area contributed by atoms with Crippen LogP contribution in [0.25, 0.3) is 11.1 Å². The molecule has 0 aliphatic carbocycles. The normalized spacial score (nSPS) is 19.8. The fourth-order valence-electron chi connectivity index (χ4n) is 4.90. The predicted molar refractivity (Wildman–Crippen MR) is 125 cm³/mol. The third kappa shape index (κ3) is 4.50. The summed E-state index contributed by atoms with van der Waals surface area (Å²) in [6.45, 7) is 2.65. The minimum atomic E-state index is -4.43. The molecular weight excluding hydrogens is 461 g/mol. The number of rotatable bonds is 4. The molecule has 1 saturated heterocycles. The van der Waals surface area contributed by atoms with Crippen LogP contribution in [0.3, 0.4) is 0 Å². The van der Waals surface area contributed by atoms with E-state index in [4.69, 9.17) is 0 Å². The van der Waals surface area contributed by atoms with Gasteiger partial charge in [0.15, 0.2) is 0 Å². The molecule has 3 aromatic rings. The van der Waals surface area contributed by atoms with Crippen LogP contribution in [0, 0.1) is 0 Å². The van der Waals surface area contributed by atoms with Crippen molar-refractivity contribution in [3.05, 3.63) is 89.5 Å². The Morgan fingerprint density at radius 3 is 2.29 bits per heavy atom. The number of nitrogens with zero attached hydrogens (tertiary/aromatic N) is 2. The first-order valence-electron chi connectivity index (χ1n) is 11.3. The minimum absolute atomic E-state index is 0.160. The Hall–Kier alpha value is -2.68. The van der Waals surface area contributed by atoms with Crippen molar-refractivity contribution in [2.24, 2.45) is 0 Å². The fourth-order valence-corrected chi connectivity index (χ4v) is 6.39. The van der Waals surface area contributed by atoms with Crippen molar-refractivity contribution in [2.75, 3.05) is 19.6 Å². The SMILES string of the molecule is O=S(=O)(c1ccc(-c2cccc(C(F)(F)F)c2)cc1)N1CCC(N2CCc3ccccc3C2)C1. The van der Waals surface area contributed by atoms with Crippen molar-refractivity contribution < 1.29 is 21.6 Å². The van der Waals surface area contributed by atoms with Gasteiger partial charge in [0.2, 0.25) is 10.0 Å². The van der Waals surface area contributed by atoms with Crippen molar-refractivity contribution in [3.8, 4) is 11.1 Å². The first-order valence-corrected chi connectivity index (χ1v) is 12.7.